The standard InChI is InChI=1S/C6H10BrN3O4/c7-4-1-3(9(11)12)2-5(6(4)8)10(13)14/h3-6H,1-2,8H2. The lowest BCUT2D eigenvalue weighted by Crippen LogP contribution is -2.54. The van der Waals surface area contributed by atoms with Gasteiger partial charge in [0.2, 0.25) is 12.1 Å². The molecule has 0 spiro atoms. The molecule has 0 aromatic heterocycles. The summed E-state index contributed by atoms with van der Waals surface area (Å²) in [5.41, 5.74) is 5.57. The molecule has 2 N–H and O–H groups in total. The lowest BCUT2D eigenvalue weighted by molar-refractivity contribution is -0.568. The van der Waals surface area contributed by atoms with Crippen LogP contribution < -0.4 is 5.73 Å². The Morgan fingerprint density at radius 1 is 1.21 bits per heavy atom. The zero-order valence-electron chi connectivity index (χ0n) is 7.21. The van der Waals surface area contributed by atoms with Gasteiger partial charge >= 0.3 is 0 Å². The van der Waals surface area contributed by atoms with E-state index in [0.717, 1.165) is 0 Å². The second kappa shape index (κ2) is 4.18. The smallest absolute Gasteiger partial charge is 0.235 e. The Labute approximate surface area is 88.1 Å². The highest BCUT2D eigenvalue weighted by atomic mass is 79.9. The molecule has 1 saturated carbocycles. The number of nitro groups is 2. The van der Waals surface area contributed by atoms with Crippen LogP contribution >= 0.6 is 15.9 Å². The van der Waals surface area contributed by atoms with Crippen molar-refractivity contribution in [1.29, 1.82) is 0 Å². The maximum absolute atomic E-state index is 10.6. The summed E-state index contributed by atoms with van der Waals surface area (Å²) < 4.78 is 0. The summed E-state index contributed by atoms with van der Waals surface area (Å²) in [6, 6.07) is -2.54. The third-order valence-electron chi connectivity index (χ3n) is 2.44. The molecule has 0 radical (unpaired) electrons. The summed E-state index contributed by atoms with van der Waals surface area (Å²) in [7, 11) is 0. The van der Waals surface area contributed by atoms with E-state index < -0.39 is 28.0 Å². The van der Waals surface area contributed by atoms with Gasteiger partial charge in [-0.05, 0) is 0 Å². The van der Waals surface area contributed by atoms with Gasteiger partial charge in [0.05, 0.1) is 12.5 Å². The van der Waals surface area contributed by atoms with Crippen LogP contribution in [0.4, 0.5) is 0 Å². The summed E-state index contributed by atoms with van der Waals surface area (Å²) in [5, 5.41) is 21.1. The van der Waals surface area contributed by atoms with Gasteiger partial charge < -0.3 is 5.73 Å². The number of alkyl halides is 1. The van der Waals surface area contributed by atoms with Crippen molar-refractivity contribution in [3.63, 3.8) is 0 Å². The van der Waals surface area contributed by atoms with Gasteiger partial charge in [0.25, 0.3) is 0 Å². The Balaban J connectivity index is 2.76. The van der Waals surface area contributed by atoms with E-state index in [2.05, 4.69) is 15.9 Å². The van der Waals surface area contributed by atoms with Crippen LogP contribution in [0.3, 0.4) is 0 Å². The van der Waals surface area contributed by atoms with Crippen LogP contribution in [-0.4, -0.2) is 32.8 Å². The molecule has 1 fully saturated rings. The Morgan fingerprint density at radius 3 is 2.21 bits per heavy atom. The Bertz CT molecular complexity index is 261. The highest BCUT2D eigenvalue weighted by molar-refractivity contribution is 9.09. The maximum atomic E-state index is 10.6. The topological polar surface area (TPSA) is 112 Å². The highest BCUT2D eigenvalue weighted by Crippen LogP contribution is 2.27. The predicted molar refractivity (Wildman–Crippen MR) is 51.5 cm³/mol. The molecule has 0 saturated heterocycles. The van der Waals surface area contributed by atoms with E-state index in [1.807, 2.05) is 0 Å². The number of hydrogen-bond donors (Lipinski definition) is 1. The van der Waals surface area contributed by atoms with Gasteiger partial charge in [-0.1, -0.05) is 15.9 Å². The molecule has 0 amide bonds. The van der Waals surface area contributed by atoms with Crippen LogP contribution in [0.5, 0.6) is 0 Å². The molecule has 0 aromatic rings. The SMILES string of the molecule is NC1C(Br)CC([N+](=O)[O-])CC1[N+](=O)[O-]. The molecule has 8 heteroatoms. The van der Waals surface area contributed by atoms with Gasteiger partial charge in [-0.15, -0.1) is 0 Å². The molecule has 4 atom stereocenters. The van der Waals surface area contributed by atoms with Crippen molar-refractivity contribution >= 4 is 15.9 Å². The maximum Gasteiger partial charge on any atom is 0.235 e. The van der Waals surface area contributed by atoms with Crippen molar-refractivity contribution in [2.75, 3.05) is 0 Å². The first-order valence-corrected chi connectivity index (χ1v) is 5.01. The Kier molecular flexibility index (Phi) is 3.38. The number of rotatable bonds is 2. The van der Waals surface area contributed by atoms with E-state index in [9.17, 15) is 20.2 Å². The normalized spacial score (nSPS) is 37.9. The van der Waals surface area contributed by atoms with Crippen LogP contribution in [0.25, 0.3) is 0 Å². The minimum absolute atomic E-state index is 0.0801. The van der Waals surface area contributed by atoms with Crippen LogP contribution in [0.15, 0.2) is 0 Å². The minimum Gasteiger partial charge on any atom is -0.321 e. The average molecular weight is 268 g/mol. The Hall–Kier alpha value is -0.760. The summed E-state index contributed by atoms with van der Waals surface area (Å²) in [6.45, 7) is 0. The van der Waals surface area contributed by atoms with Crippen molar-refractivity contribution in [1.82, 2.24) is 0 Å². The van der Waals surface area contributed by atoms with Gasteiger partial charge in [0.15, 0.2) is 0 Å². The lowest BCUT2D eigenvalue weighted by Gasteiger charge is -2.28. The minimum atomic E-state index is -1.02. The van der Waals surface area contributed by atoms with E-state index >= 15 is 0 Å². The summed E-state index contributed by atoms with van der Waals surface area (Å²) in [6.07, 6.45) is 0.168. The molecule has 0 heterocycles. The molecular weight excluding hydrogens is 258 g/mol. The molecular formula is C6H10BrN3O4. The van der Waals surface area contributed by atoms with Gasteiger partial charge in [-0.25, -0.2) is 0 Å². The molecule has 0 bridgehead atoms. The second-order valence-corrected chi connectivity index (χ2v) is 4.53. The Morgan fingerprint density at radius 2 is 1.79 bits per heavy atom. The van der Waals surface area contributed by atoms with Crippen molar-refractivity contribution < 1.29 is 9.85 Å². The van der Waals surface area contributed by atoms with E-state index in [1.165, 1.54) is 0 Å². The molecule has 1 aliphatic rings. The first-order chi connectivity index (χ1) is 6.43. The zero-order chi connectivity index (χ0) is 10.9. The molecule has 1 aliphatic carbocycles. The lowest BCUT2D eigenvalue weighted by atomic mass is 9.88. The van der Waals surface area contributed by atoms with Crippen molar-refractivity contribution in [3.05, 3.63) is 20.2 Å². The fraction of sp³-hybridized carbons (Fsp3) is 1.00. The number of hydrogen-bond acceptors (Lipinski definition) is 5. The first kappa shape index (κ1) is 11.3. The summed E-state index contributed by atoms with van der Waals surface area (Å²) in [4.78, 5) is 19.7. The van der Waals surface area contributed by atoms with Gasteiger partial charge in [-0.2, -0.15) is 0 Å². The third-order valence-corrected chi connectivity index (χ3v) is 3.43. The van der Waals surface area contributed by atoms with E-state index in [0.29, 0.717) is 0 Å². The van der Waals surface area contributed by atoms with Gasteiger partial charge in [0, 0.05) is 21.1 Å². The fourth-order valence-corrected chi connectivity index (χ4v) is 2.37. The first-order valence-electron chi connectivity index (χ1n) is 4.10. The third kappa shape index (κ3) is 2.18. The zero-order valence-corrected chi connectivity index (χ0v) is 8.79. The molecule has 80 valence electrons. The summed E-state index contributed by atoms with van der Waals surface area (Å²) in [5.74, 6) is 0. The molecule has 0 aromatic carbocycles. The van der Waals surface area contributed by atoms with Gasteiger partial charge in [0.1, 0.15) is 0 Å². The monoisotopic (exact) mass is 267 g/mol. The highest BCUT2D eigenvalue weighted by Gasteiger charge is 2.46. The largest absolute Gasteiger partial charge is 0.321 e. The average Bonchev–Trinajstić information content (AvgIpc) is 2.08. The van der Waals surface area contributed by atoms with Crippen LogP contribution in [-0.2, 0) is 0 Å². The van der Waals surface area contributed by atoms with E-state index in [1.54, 1.807) is 0 Å². The van der Waals surface area contributed by atoms with E-state index in [4.69, 9.17) is 5.73 Å². The van der Waals surface area contributed by atoms with Crippen LogP contribution in [0, 0.1) is 20.2 Å². The number of nitrogens with zero attached hydrogens (tertiary/aromatic N) is 2. The van der Waals surface area contributed by atoms with Crippen molar-refractivity contribution in [2.24, 2.45) is 5.73 Å². The molecule has 14 heavy (non-hydrogen) atoms. The molecule has 1 rings (SSSR count). The molecule has 4 unspecified atom stereocenters. The molecule has 7 nitrogen and oxygen atoms in total. The quantitative estimate of drug-likeness (QED) is 0.435. The van der Waals surface area contributed by atoms with Crippen LogP contribution in [0.2, 0.25) is 0 Å². The molecule has 0 aliphatic heterocycles. The van der Waals surface area contributed by atoms with E-state index in [-0.39, 0.29) is 17.7 Å². The predicted octanol–water partition coefficient (Wildman–Crippen LogP) is 0.162. The summed E-state index contributed by atoms with van der Waals surface area (Å²) >= 11 is 3.14. The van der Waals surface area contributed by atoms with Crippen LogP contribution in [0.1, 0.15) is 12.8 Å². The number of halogens is 1. The van der Waals surface area contributed by atoms with Gasteiger partial charge in [-0.3, -0.25) is 20.2 Å². The fourth-order valence-electron chi connectivity index (χ4n) is 1.59. The number of nitrogens with two attached hydrogens (primary N) is 1. The second-order valence-electron chi connectivity index (χ2n) is 3.36. The van der Waals surface area contributed by atoms with Crippen molar-refractivity contribution in [2.45, 2.75) is 35.8 Å². The van der Waals surface area contributed by atoms with Crippen molar-refractivity contribution in [3.8, 4) is 0 Å².